The second-order valence-electron chi connectivity index (χ2n) is 5.08. The average molecular weight is 276 g/mol. The number of nitrogens with zero attached hydrogens (tertiary/aromatic N) is 1. The molecule has 1 aliphatic heterocycles. The molecule has 0 saturated carbocycles. The highest BCUT2D eigenvalue weighted by atomic mass is 16.4. The maximum atomic E-state index is 12.1. The standard InChI is InChI=1S/C15H20N2O3/c1-11-5-2-3-6-12(11)16-9-8-14(18)17-10-4-7-13(17)15(19)20/h2-3,5-6,13,16H,4,7-10H2,1H3,(H,19,20)/t13-/m1/s1. The Morgan fingerprint density at radius 1 is 1.40 bits per heavy atom. The van der Waals surface area contributed by atoms with Gasteiger partial charge in [-0.15, -0.1) is 0 Å². The Morgan fingerprint density at radius 2 is 2.15 bits per heavy atom. The van der Waals surface area contributed by atoms with E-state index >= 15 is 0 Å². The lowest BCUT2D eigenvalue weighted by atomic mass is 10.2. The third kappa shape index (κ3) is 3.29. The van der Waals surface area contributed by atoms with E-state index in [0.29, 0.717) is 25.9 Å². The second-order valence-corrected chi connectivity index (χ2v) is 5.08. The van der Waals surface area contributed by atoms with Crippen molar-refractivity contribution < 1.29 is 14.7 Å². The van der Waals surface area contributed by atoms with Gasteiger partial charge in [0.05, 0.1) is 0 Å². The number of para-hydroxylation sites is 1. The number of aliphatic carboxylic acids is 1. The number of hydrogen-bond acceptors (Lipinski definition) is 3. The Balaban J connectivity index is 1.84. The fourth-order valence-corrected chi connectivity index (χ4v) is 2.54. The molecule has 0 spiro atoms. The van der Waals surface area contributed by atoms with Crippen LogP contribution >= 0.6 is 0 Å². The van der Waals surface area contributed by atoms with Crippen LogP contribution in [-0.2, 0) is 9.59 Å². The number of benzene rings is 1. The number of nitrogens with one attached hydrogen (secondary N) is 1. The number of rotatable bonds is 5. The van der Waals surface area contributed by atoms with Gasteiger partial charge in [-0.1, -0.05) is 18.2 Å². The lowest BCUT2D eigenvalue weighted by Crippen LogP contribution is -2.40. The number of amides is 1. The highest BCUT2D eigenvalue weighted by Crippen LogP contribution is 2.19. The smallest absolute Gasteiger partial charge is 0.326 e. The molecule has 108 valence electrons. The fourth-order valence-electron chi connectivity index (χ4n) is 2.54. The zero-order valence-corrected chi connectivity index (χ0v) is 11.6. The highest BCUT2D eigenvalue weighted by Gasteiger charge is 2.33. The number of carbonyl (C=O) groups is 2. The molecule has 5 nitrogen and oxygen atoms in total. The summed E-state index contributed by atoms with van der Waals surface area (Å²) in [6, 6.07) is 7.24. The topological polar surface area (TPSA) is 69.6 Å². The van der Waals surface area contributed by atoms with E-state index in [2.05, 4.69) is 5.32 Å². The molecule has 1 aliphatic rings. The number of likely N-dealkylation sites (tertiary alicyclic amines) is 1. The first-order valence-corrected chi connectivity index (χ1v) is 6.91. The molecular weight excluding hydrogens is 256 g/mol. The summed E-state index contributed by atoms with van der Waals surface area (Å²) in [5.74, 6) is -0.987. The van der Waals surface area contributed by atoms with E-state index in [-0.39, 0.29) is 5.91 Å². The van der Waals surface area contributed by atoms with E-state index in [1.54, 1.807) is 0 Å². The molecule has 0 aliphatic carbocycles. The van der Waals surface area contributed by atoms with Gasteiger partial charge in [0, 0.05) is 25.2 Å². The van der Waals surface area contributed by atoms with Crippen LogP contribution in [0.4, 0.5) is 5.69 Å². The molecule has 1 saturated heterocycles. The van der Waals surface area contributed by atoms with Gasteiger partial charge in [-0.3, -0.25) is 4.79 Å². The molecule has 0 radical (unpaired) electrons. The Kier molecular flexibility index (Phi) is 4.61. The summed E-state index contributed by atoms with van der Waals surface area (Å²) < 4.78 is 0. The van der Waals surface area contributed by atoms with Crippen molar-refractivity contribution in [3.63, 3.8) is 0 Å². The summed E-state index contributed by atoms with van der Waals surface area (Å²) >= 11 is 0. The summed E-state index contributed by atoms with van der Waals surface area (Å²) in [6.45, 7) is 3.08. The summed E-state index contributed by atoms with van der Waals surface area (Å²) in [5.41, 5.74) is 2.14. The minimum Gasteiger partial charge on any atom is -0.480 e. The molecule has 2 rings (SSSR count). The number of carboxylic acids is 1. The third-order valence-electron chi connectivity index (χ3n) is 3.66. The molecule has 5 heteroatoms. The molecule has 1 heterocycles. The predicted molar refractivity (Wildman–Crippen MR) is 76.7 cm³/mol. The first kappa shape index (κ1) is 14.4. The molecule has 0 unspecified atom stereocenters. The van der Waals surface area contributed by atoms with Crippen LogP contribution in [0.15, 0.2) is 24.3 Å². The monoisotopic (exact) mass is 276 g/mol. The van der Waals surface area contributed by atoms with Crippen molar-refractivity contribution in [3.8, 4) is 0 Å². The van der Waals surface area contributed by atoms with Crippen LogP contribution in [0.2, 0.25) is 0 Å². The third-order valence-corrected chi connectivity index (χ3v) is 3.66. The van der Waals surface area contributed by atoms with E-state index in [9.17, 15) is 9.59 Å². The largest absolute Gasteiger partial charge is 0.480 e. The lowest BCUT2D eigenvalue weighted by Gasteiger charge is -2.21. The van der Waals surface area contributed by atoms with Crippen LogP contribution in [-0.4, -0.2) is 41.0 Å². The molecule has 1 amide bonds. The van der Waals surface area contributed by atoms with Gasteiger partial charge in [0.25, 0.3) is 0 Å². The summed E-state index contributed by atoms with van der Waals surface area (Å²) in [5, 5.41) is 12.3. The minimum absolute atomic E-state index is 0.0871. The summed E-state index contributed by atoms with van der Waals surface area (Å²) in [6.07, 6.45) is 1.65. The van der Waals surface area contributed by atoms with Crippen LogP contribution in [0.1, 0.15) is 24.8 Å². The van der Waals surface area contributed by atoms with Crippen molar-refractivity contribution >= 4 is 17.6 Å². The van der Waals surface area contributed by atoms with Gasteiger partial charge in [-0.05, 0) is 31.4 Å². The predicted octanol–water partition coefficient (Wildman–Crippen LogP) is 1.87. The lowest BCUT2D eigenvalue weighted by molar-refractivity contribution is -0.148. The second kappa shape index (κ2) is 6.41. The van der Waals surface area contributed by atoms with E-state index < -0.39 is 12.0 Å². The van der Waals surface area contributed by atoms with E-state index in [1.165, 1.54) is 4.90 Å². The van der Waals surface area contributed by atoms with Crippen LogP contribution in [0.3, 0.4) is 0 Å². The molecule has 1 fully saturated rings. The van der Waals surface area contributed by atoms with Crippen LogP contribution in [0.25, 0.3) is 0 Å². The van der Waals surface area contributed by atoms with E-state index in [4.69, 9.17) is 5.11 Å². The minimum atomic E-state index is -0.900. The fraction of sp³-hybridized carbons (Fsp3) is 0.467. The van der Waals surface area contributed by atoms with Crippen LogP contribution in [0, 0.1) is 6.92 Å². The maximum Gasteiger partial charge on any atom is 0.326 e. The van der Waals surface area contributed by atoms with Gasteiger partial charge < -0.3 is 15.3 Å². The Bertz CT molecular complexity index is 502. The van der Waals surface area contributed by atoms with Crippen molar-refractivity contribution in [3.05, 3.63) is 29.8 Å². The first-order valence-electron chi connectivity index (χ1n) is 6.91. The zero-order chi connectivity index (χ0) is 14.5. The van der Waals surface area contributed by atoms with E-state index in [0.717, 1.165) is 17.7 Å². The molecule has 1 atom stereocenters. The normalized spacial score (nSPS) is 18.1. The quantitative estimate of drug-likeness (QED) is 0.861. The van der Waals surface area contributed by atoms with Crippen molar-refractivity contribution in [2.24, 2.45) is 0 Å². The van der Waals surface area contributed by atoms with Crippen molar-refractivity contribution in [2.45, 2.75) is 32.2 Å². The van der Waals surface area contributed by atoms with Gasteiger partial charge in [0.15, 0.2) is 0 Å². The zero-order valence-electron chi connectivity index (χ0n) is 11.6. The highest BCUT2D eigenvalue weighted by molar-refractivity contribution is 5.84. The Hall–Kier alpha value is -2.04. The van der Waals surface area contributed by atoms with Gasteiger partial charge in [0.2, 0.25) is 5.91 Å². The number of hydrogen-bond donors (Lipinski definition) is 2. The molecule has 1 aromatic carbocycles. The first-order chi connectivity index (χ1) is 9.59. The average Bonchev–Trinajstić information content (AvgIpc) is 2.90. The molecule has 0 bridgehead atoms. The van der Waals surface area contributed by atoms with Crippen molar-refractivity contribution in [1.29, 1.82) is 0 Å². The SMILES string of the molecule is Cc1ccccc1NCCC(=O)N1CCC[C@@H]1C(=O)O. The maximum absolute atomic E-state index is 12.1. The summed E-state index contributed by atoms with van der Waals surface area (Å²) in [7, 11) is 0. The van der Waals surface area contributed by atoms with Gasteiger partial charge in [-0.2, -0.15) is 0 Å². The number of aryl methyl sites for hydroxylation is 1. The van der Waals surface area contributed by atoms with Crippen LogP contribution in [0.5, 0.6) is 0 Å². The van der Waals surface area contributed by atoms with Crippen molar-refractivity contribution in [1.82, 2.24) is 4.90 Å². The Morgan fingerprint density at radius 3 is 2.85 bits per heavy atom. The molecule has 20 heavy (non-hydrogen) atoms. The van der Waals surface area contributed by atoms with Crippen molar-refractivity contribution in [2.75, 3.05) is 18.4 Å². The summed E-state index contributed by atoms with van der Waals surface area (Å²) in [4.78, 5) is 24.6. The molecule has 2 N–H and O–H groups in total. The molecule has 0 aromatic heterocycles. The number of carbonyl (C=O) groups excluding carboxylic acids is 1. The van der Waals surface area contributed by atoms with Gasteiger partial charge in [-0.25, -0.2) is 4.79 Å². The van der Waals surface area contributed by atoms with Gasteiger partial charge >= 0.3 is 5.97 Å². The van der Waals surface area contributed by atoms with E-state index in [1.807, 2.05) is 31.2 Å². The number of anilines is 1. The van der Waals surface area contributed by atoms with Gasteiger partial charge in [0.1, 0.15) is 6.04 Å². The molecular formula is C15H20N2O3. The number of carboxylic acid groups (broad SMARTS) is 1. The Labute approximate surface area is 118 Å². The molecule has 1 aromatic rings. The van der Waals surface area contributed by atoms with Crippen LogP contribution < -0.4 is 5.32 Å².